The first-order chi connectivity index (χ1) is 11.1. The van der Waals surface area contributed by atoms with E-state index in [1.165, 1.54) is 24.5 Å². The number of carbonyl (C=O) groups excluding carboxylic acids is 1. The van der Waals surface area contributed by atoms with Crippen molar-refractivity contribution in [3.8, 4) is 11.6 Å². The Morgan fingerprint density at radius 3 is 2.74 bits per heavy atom. The van der Waals surface area contributed by atoms with E-state index in [4.69, 9.17) is 11.6 Å². The van der Waals surface area contributed by atoms with E-state index in [0.29, 0.717) is 0 Å². The lowest BCUT2D eigenvalue weighted by Crippen LogP contribution is -2.21. The van der Waals surface area contributed by atoms with Crippen molar-refractivity contribution < 1.29 is 13.7 Å². The summed E-state index contributed by atoms with van der Waals surface area (Å²) in [5.74, 6) is -1.76. The van der Waals surface area contributed by atoms with Crippen LogP contribution in [0.3, 0.4) is 0 Å². The molecule has 3 rings (SSSR count). The van der Waals surface area contributed by atoms with Gasteiger partial charge < -0.3 is 0 Å². The monoisotopic (exact) mass is 334 g/mol. The Labute approximate surface area is 133 Å². The normalized spacial score (nSPS) is 10.7. The Morgan fingerprint density at radius 1 is 1.30 bits per heavy atom. The molecular formula is C14H8ClFN4O3. The highest BCUT2D eigenvalue weighted by Gasteiger charge is 2.19. The van der Waals surface area contributed by atoms with E-state index in [1.807, 2.05) is 0 Å². The van der Waals surface area contributed by atoms with Gasteiger partial charge in [-0.15, -0.1) is 0 Å². The molecule has 0 saturated heterocycles. The number of halogens is 2. The van der Waals surface area contributed by atoms with E-state index in [9.17, 15) is 14.0 Å². The molecule has 0 saturated carbocycles. The van der Waals surface area contributed by atoms with Crippen LogP contribution in [-0.2, 0) is 6.54 Å². The van der Waals surface area contributed by atoms with Crippen molar-refractivity contribution in [2.45, 2.75) is 6.54 Å². The molecule has 0 bridgehead atoms. The van der Waals surface area contributed by atoms with E-state index < -0.39 is 17.4 Å². The topological polar surface area (TPSA) is 90.9 Å². The predicted molar refractivity (Wildman–Crippen MR) is 77.5 cm³/mol. The molecule has 2 heterocycles. The fraction of sp³-hybridized carbons (Fsp3) is 0.0714. The average Bonchev–Trinajstić information content (AvgIpc) is 2.92. The summed E-state index contributed by atoms with van der Waals surface area (Å²) in [5.41, 5.74) is 0.157. The quantitative estimate of drug-likeness (QED) is 0.677. The summed E-state index contributed by atoms with van der Waals surface area (Å²) in [6.45, 7) is -0.363. The van der Waals surface area contributed by atoms with Gasteiger partial charge >= 0.3 is 5.76 Å². The van der Waals surface area contributed by atoms with Gasteiger partial charge in [0, 0.05) is 18.0 Å². The molecular weight excluding hydrogens is 327 g/mol. The first-order valence-corrected chi connectivity index (χ1v) is 6.76. The lowest BCUT2D eigenvalue weighted by molar-refractivity contribution is 0.0969. The Hall–Kier alpha value is -2.87. The number of rotatable bonds is 4. The molecule has 0 aliphatic rings. The molecule has 1 aromatic carbocycles. The molecule has 3 aromatic rings. The Bertz CT molecular complexity index is 923. The van der Waals surface area contributed by atoms with Crippen LogP contribution < -0.4 is 5.76 Å². The van der Waals surface area contributed by atoms with Gasteiger partial charge in [0.2, 0.25) is 5.82 Å². The molecule has 0 aliphatic carbocycles. The minimum absolute atomic E-state index is 0.0251. The fourth-order valence-electron chi connectivity index (χ4n) is 1.89. The molecule has 0 aliphatic heterocycles. The molecule has 9 heteroatoms. The van der Waals surface area contributed by atoms with Gasteiger partial charge in [0.15, 0.2) is 11.6 Å². The molecule has 0 unspecified atom stereocenters. The highest BCUT2D eigenvalue weighted by Crippen LogP contribution is 2.17. The number of aromatic nitrogens is 4. The van der Waals surface area contributed by atoms with E-state index >= 15 is 0 Å². The van der Waals surface area contributed by atoms with E-state index in [0.717, 1.165) is 10.6 Å². The van der Waals surface area contributed by atoms with E-state index in [2.05, 4.69) is 19.6 Å². The van der Waals surface area contributed by atoms with Crippen molar-refractivity contribution in [1.29, 1.82) is 0 Å². The smallest absolute Gasteiger partial charge is 0.295 e. The summed E-state index contributed by atoms with van der Waals surface area (Å²) in [6.07, 6.45) is 2.93. The van der Waals surface area contributed by atoms with Crippen LogP contribution in [0.15, 0.2) is 46.0 Å². The number of ketones is 1. The first-order valence-electron chi connectivity index (χ1n) is 6.38. The third-order valence-corrected chi connectivity index (χ3v) is 3.28. The van der Waals surface area contributed by atoms with Gasteiger partial charge in [-0.1, -0.05) is 16.8 Å². The van der Waals surface area contributed by atoms with Gasteiger partial charge in [-0.05, 0) is 24.3 Å². The summed E-state index contributed by atoms with van der Waals surface area (Å²) < 4.78 is 18.7. The van der Waals surface area contributed by atoms with Gasteiger partial charge in [0.05, 0.1) is 11.6 Å². The highest BCUT2D eigenvalue weighted by atomic mass is 35.5. The summed E-state index contributed by atoms with van der Waals surface area (Å²) >= 11 is 5.65. The maximum absolute atomic E-state index is 13.1. The Kier molecular flexibility index (Phi) is 3.98. The highest BCUT2D eigenvalue weighted by molar-refractivity contribution is 6.31. The fourth-order valence-corrected chi connectivity index (χ4v) is 2.07. The minimum Gasteiger partial charge on any atom is -0.295 e. The van der Waals surface area contributed by atoms with Crippen molar-refractivity contribution in [1.82, 2.24) is 19.7 Å². The lowest BCUT2D eigenvalue weighted by atomic mass is 10.1. The molecule has 0 amide bonds. The maximum Gasteiger partial charge on any atom is 0.442 e. The molecule has 0 atom stereocenters. The average molecular weight is 335 g/mol. The molecule has 7 nitrogen and oxygen atoms in total. The maximum atomic E-state index is 13.1. The number of carbonyl (C=O) groups is 1. The van der Waals surface area contributed by atoms with Crippen molar-refractivity contribution in [3.63, 3.8) is 0 Å². The van der Waals surface area contributed by atoms with Crippen LogP contribution in [0.2, 0.25) is 5.02 Å². The van der Waals surface area contributed by atoms with E-state index in [1.54, 1.807) is 6.07 Å². The van der Waals surface area contributed by atoms with Gasteiger partial charge in [-0.3, -0.25) is 9.32 Å². The van der Waals surface area contributed by atoms with Crippen molar-refractivity contribution in [3.05, 3.63) is 63.6 Å². The molecule has 0 N–H and O–H groups in total. The van der Waals surface area contributed by atoms with E-state index in [-0.39, 0.29) is 28.8 Å². The zero-order valence-electron chi connectivity index (χ0n) is 11.4. The zero-order valence-corrected chi connectivity index (χ0v) is 12.2. The van der Waals surface area contributed by atoms with Crippen LogP contribution >= 0.6 is 11.6 Å². The second kappa shape index (κ2) is 6.09. The number of nitrogens with zero attached hydrogens (tertiary/aromatic N) is 4. The molecule has 23 heavy (non-hydrogen) atoms. The van der Waals surface area contributed by atoms with Crippen molar-refractivity contribution in [2.24, 2.45) is 0 Å². The zero-order chi connectivity index (χ0) is 16.4. The third kappa shape index (κ3) is 3.02. The number of hydrogen-bond acceptors (Lipinski definition) is 6. The van der Waals surface area contributed by atoms with Crippen LogP contribution in [0.1, 0.15) is 10.4 Å². The van der Waals surface area contributed by atoms with Crippen LogP contribution in [0, 0.1) is 5.82 Å². The first kappa shape index (κ1) is 15.0. The molecule has 116 valence electrons. The summed E-state index contributed by atoms with van der Waals surface area (Å²) in [4.78, 5) is 31.9. The second-order valence-corrected chi connectivity index (χ2v) is 4.89. The molecule has 0 radical (unpaired) electrons. The summed E-state index contributed by atoms with van der Waals surface area (Å²) in [5, 5.41) is 3.40. The third-order valence-electron chi connectivity index (χ3n) is 3.00. The predicted octanol–water partition coefficient (Wildman–Crippen LogP) is 1.97. The molecule has 0 fully saturated rings. The minimum atomic E-state index is -0.825. The standard InChI is InChI=1S/C14H8ClFN4O3/c15-9-6-8(2-3-10(9)16)11(21)7-20-13(19-23-14(20)22)12-17-4-1-5-18-12/h1-6H,7H2. The largest absolute Gasteiger partial charge is 0.442 e. The molecule has 0 spiro atoms. The van der Waals surface area contributed by atoms with Crippen LogP contribution in [0.4, 0.5) is 4.39 Å². The van der Waals surface area contributed by atoms with Crippen LogP contribution in [0.5, 0.6) is 0 Å². The lowest BCUT2D eigenvalue weighted by Gasteiger charge is -2.04. The van der Waals surface area contributed by atoms with Crippen molar-refractivity contribution >= 4 is 17.4 Å². The molecule has 2 aromatic heterocycles. The Balaban J connectivity index is 1.94. The van der Waals surface area contributed by atoms with Crippen LogP contribution in [-0.4, -0.2) is 25.5 Å². The van der Waals surface area contributed by atoms with Gasteiger partial charge in [-0.25, -0.2) is 23.7 Å². The number of Topliss-reactive ketones (excluding diaryl/α,β-unsaturated/α-hetero) is 1. The summed E-state index contributed by atoms with van der Waals surface area (Å²) in [7, 11) is 0. The van der Waals surface area contributed by atoms with Crippen LogP contribution in [0.25, 0.3) is 11.6 Å². The second-order valence-electron chi connectivity index (χ2n) is 4.48. The Morgan fingerprint density at radius 2 is 2.04 bits per heavy atom. The van der Waals surface area contributed by atoms with Gasteiger partial charge in [-0.2, -0.15) is 0 Å². The summed E-state index contributed by atoms with van der Waals surface area (Å²) in [6, 6.07) is 5.14. The number of hydrogen-bond donors (Lipinski definition) is 0. The SMILES string of the molecule is O=C(Cn1c(-c2ncccn2)noc1=O)c1ccc(F)c(Cl)c1. The number of benzene rings is 1. The van der Waals surface area contributed by atoms with Crippen molar-refractivity contribution in [2.75, 3.05) is 0 Å². The van der Waals surface area contributed by atoms with Gasteiger partial charge in [0.1, 0.15) is 5.82 Å². The van der Waals surface area contributed by atoms with Gasteiger partial charge in [0.25, 0.3) is 0 Å².